The summed E-state index contributed by atoms with van der Waals surface area (Å²) in [4.78, 5) is 0.299. The van der Waals surface area contributed by atoms with Crippen LogP contribution < -0.4 is 15.8 Å². The molecule has 0 aliphatic rings. The fourth-order valence-electron chi connectivity index (χ4n) is 2.27. The van der Waals surface area contributed by atoms with Crippen molar-refractivity contribution in [2.45, 2.75) is 51.6 Å². The molecule has 0 aliphatic heterocycles. The molecule has 0 amide bonds. The summed E-state index contributed by atoms with van der Waals surface area (Å²) in [5, 5.41) is 3.38. The molecule has 0 aliphatic carbocycles. The number of hydrogen-bond donors (Lipinski definition) is 3. The average molecular weight is 342 g/mol. The quantitative estimate of drug-likeness (QED) is 0.640. The number of benzene rings is 1. The van der Waals surface area contributed by atoms with Gasteiger partial charge >= 0.3 is 0 Å². The number of hydrogen-bond acceptors (Lipinski definition) is 4. The lowest BCUT2D eigenvalue weighted by Gasteiger charge is -2.27. The lowest BCUT2D eigenvalue weighted by molar-refractivity contribution is 0.354. The minimum absolute atomic E-state index is 0.174. The van der Waals surface area contributed by atoms with Gasteiger partial charge in [-0.15, -0.1) is 0 Å². The summed E-state index contributed by atoms with van der Waals surface area (Å²) in [5.74, 6) is 0.579. The van der Waals surface area contributed by atoms with Crippen LogP contribution in [0.15, 0.2) is 29.2 Å². The fourth-order valence-corrected chi connectivity index (χ4v) is 3.65. The summed E-state index contributed by atoms with van der Waals surface area (Å²) in [5.41, 5.74) is 6.80. The third kappa shape index (κ3) is 6.22. The molecule has 1 aromatic carbocycles. The van der Waals surface area contributed by atoms with Gasteiger partial charge < -0.3 is 11.1 Å². The first-order chi connectivity index (χ1) is 10.7. The third-order valence-electron chi connectivity index (χ3n) is 4.10. The second kappa shape index (κ2) is 8.78. The first-order valence-electron chi connectivity index (χ1n) is 8.19. The van der Waals surface area contributed by atoms with E-state index in [2.05, 4.69) is 23.9 Å². The third-order valence-corrected chi connectivity index (χ3v) is 5.61. The van der Waals surface area contributed by atoms with Crippen molar-refractivity contribution in [1.29, 1.82) is 0 Å². The van der Waals surface area contributed by atoms with E-state index in [4.69, 9.17) is 5.73 Å². The predicted octanol–water partition coefficient (Wildman–Crippen LogP) is 1.87. The zero-order valence-corrected chi connectivity index (χ0v) is 15.7. The van der Waals surface area contributed by atoms with Gasteiger partial charge in [0.2, 0.25) is 10.0 Å². The van der Waals surface area contributed by atoms with E-state index in [1.165, 1.54) is 0 Å². The van der Waals surface area contributed by atoms with E-state index in [1.54, 1.807) is 24.3 Å². The standard InChI is InChI=1S/C17H31N3O2S/c1-12(2)16(10-18)19-11-17(13(3)4)20-23(21,22)15-8-6-14(5)7-9-15/h6-9,12-13,16-17,19-20H,10-11,18H2,1-5H3. The van der Waals surface area contributed by atoms with E-state index in [0.29, 0.717) is 23.9 Å². The maximum Gasteiger partial charge on any atom is 0.240 e. The minimum atomic E-state index is -3.52. The van der Waals surface area contributed by atoms with Crippen molar-refractivity contribution in [3.63, 3.8) is 0 Å². The predicted molar refractivity (Wildman–Crippen MR) is 95.8 cm³/mol. The Morgan fingerprint density at radius 2 is 1.52 bits per heavy atom. The van der Waals surface area contributed by atoms with Crippen molar-refractivity contribution in [3.05, 3.63) is 29.8 Å². The first-order valence-corrected chi connectivity index (χ1v) is 9.68. The van der Waals surface area contributed by atoms with E-state index in [1.807, 2.05) is 20.8 Å². The Balaban J connectivity index is 2.80. The van der Waals surface area contributed by atoms with Crippen LogP contribution in [0.1, 0.15) is 33.3 Å². The molecule has 0 heterocycles. The Morgan fingerprint density at radius 1 is 1.00 bits per heavy atom. The molecule has 5 nitrogen and oxygen atoms in total. The van der Waals surface area contributed by atoms with Crippen LogP contribution in [0.25, 0.3) is 0 Å². The number of aryl methyl sites for hydroxylation is 1. The molecule has 1 rings (SSSR count). The van der Waals surface area contributed by atoms with Crippen LogP contribution in [0.3, 0.4) is 0 Å². The summed E-state index contributed by atoms with van der Waals surface area (Å²) >= 11 is 0. The normalized spacial score (nSPS) is 15.1. The van der Waals surface area contributed by atoms with E-state index in [0.717, 1.165) is 5.56 Å². The van der Waals surface area contributed by atoms with Gasteiger partial charge in [-0.1, -0.05) is 45.4 Å². The summed E-state index contributed by atoms with van der Waals surface area (Å²) in [7, 11) is -3.52. The van der Waals surface area contributed by atoms with Gasteiger partial charge in [0.15, 0.2) is 0 Å². The van der Waals surface area contributed by atoms with Crippen LogP contribution in [0.5, 0.6) is 0 Å². The monoisotopic (exact) mass is 341 g/mol. The summed E-state index contributed by atoms with van der Waals surface area (Å²) in [6, 6.07) is 6.88. The molecule has 0 bridgehead atoms. The number of sulfonamides is 1. The SMILES string of the molecule is Cc1ccc(S(=O)(=O)NC(CNC(CN)C(C)C)C(C)C)cc1. The molecule has 2 atom stereocenters. The van der Waals surface area contributed by atoms with Crippen molar-refractivity contribution in [3.8, 4) is 0 Å². The van der Waals surface area contributed by atoms with E-state index >= 15 is 0 Å². The largest absolute Gasteiger partial charge is 0.329 e. The molecule has 0 spiro atoms. The first kappa shape index (κ1) is 20.1. The van der Waals surface area contributed by atoms with Gasteiger partial charge in [-0.3, -0.25) is 0 Å². The van der Waals surface area contributed by atoms with Crippen LogP contribution >= 0.6 is 0 Å². The smallest absolute Gasteiger partial charge is 0.240 e. The van der Waals surface area contributed by atoms with Gasteiger partial charge in [0, 0.05) is 25.2 Å². The Kier molecular flexibility index (Phi) is 7.67. The second-order valence-corrected chi connectivity index (χ2v) is 8.49. The number of nitrogens with two attached hydrogens (primary N) is 1. The zero-order valence-electron chi connectivity index (χ0n) is 14.8. The van der Waals surface area contributed by atoms with E-state index < -0.39 is 10.0 Å². The van der Waals surface area contributed by atoms with Crippen LogP contribution in [0.4, 0.5) is 0 Å². The number of rotatable bonds is 9. The molecular weight excluding hydrogens is 310 g/mol. The highest BCUT2D eigenvalue weighted by Crippen LogP contribution is 2.13. The highest BCUT2D eigenvalue weighted by atomic mass is 32.2. The molecular formula is C17H31N3O2S. The molecule has 23 heavy (non-hydrogen) atoms. The highest BCUT2D eigenvalue weighted by molar-refractivity contribution is 7.89. The van der Waals surface area contributed by atoms with Gasteiger partial charge in [-0.25, -0.2) is 13.1 Å². The molecule has 1 aromatic rings. The molecule has 0 fully saturated rings. The minimum Gasteiger partial charge on any atom is -0.329 e. The second-order valence-electron chi connectivity index (χ2n) is 6.78. The molecule has 132 valence electrons. The summed E-state index contributed by atoms with van der Waals surface area (Å²) in [6.07, 6.45) is 0. The van der Waals surface area contributed by atoms with Crippen LogP contribution in [-0.2, 0) is 10.0 Å². The molecule has 0 saturated heterocycles. The van der Waals surface area contributed by atoms with Crippen molar-refractivity contribution >= 4 is 10.0 Å². The molecule has 0 saturated carbocycles. The lowest BCUT2D eigenvalue weighted by Crippen LogP contribution is -2.50. The molecule has 4 N–H and O–H groups in total. The van der Waals surface area contributed by atoms with Gasteiger partial charge in [0.25, 0.3) is 0 Å². The summed E-state index contributed by atoms with van der Waals surface area (Å²) in [6.45, 7) is 11.3. The van der Waals surface area contributed by atoms with Gasteiger partial charge in [-0.2, -0.15) is 0 Å². The van der Waals surface area contributed by atoms with Crippen LogP contribution in [-0.4, -0.2) is 33.6 Å². The van der Waals surface area contributed by atoms with Gasteiger partial charge in [-0.05, 0) is 30.9 Å². The Labute approximate surface area is 141 Å². The lowest BCUT2D eigenvalue weighted by atomic mass is 10.0. The Bertz CT molecular complexity index is 568. The maximum absolute atomic E-state index is 12.5. The van der Waals surface area contributed by atoms with Crippen LogP contribution in [0, 0.1) is 18.8 Å². The number of nitrogens with one attached hydrogen (secondary N) is 2. The molecule has 6 heteroatoms. The average Bonchev–Trinajstić information content (AvgIpc) is 2.46. The van der Waals surface area contributed by atoms with Crippen molar-refractivity contribution in [1.82, 2.24) is 10.0 Å². The summed E-state index contributed by atoms with van der Waals surface area (Å²) < 4.78 is 27.9. The van der Waals surface area contributed by atoms with Crippen molar-refractivity contribution in [2.24, 2.45) is 17.6 Å². The maximum atomic E-state index is 12.5. The van der Waals surface area contributed by atoms with Gasteiger partial charge in [0.05, 0.1) is 4.90 Å². The molecule has 0 radical (unpaired) electrons. The van der Waals surface area contributed by atoms with Crippen molar-refractivity contribution in [2.75, 3.05) is 13.1 Å². The van der Waals surface area contributed by atoms with E-state index in [9.17, 15) is 8.42 Å². The Morgan fingerprint density at radius 3 is 1.96 bits per heavy atom. The Hall–Kier alpha value is -0.950. The van der Waals surface area contributed by atoms with Crippen molar-refractivity contribution < 1.29 is 8.42 Å². The highest BCUT2D eigenvalue weighted by Gasteiger charge is 2.23. The molecule has 0 aromatic heterocycles. The molecule has 2 unspecified atom stereocenters. The van der Waals surface area contributed by atoms with Crippen LogP contribution in [0.2, 0.25) is 0 Å². The topological polar surface area (TPSA) is 84.2 Å². The van der Waals surface area contributed by atoms with Gasteiger partial charge in [0.1, 0.15) is 0 Å². The van der Waals surface area contributed by atoms with E-state index in [-0.39, 0.29) is 18.0 Å². The zero-order chi connectivity index (χ0) is 17.6. The fraction of sp³-hybridized carbons (Fsp3) is 0.647.